The van der Waals surface area contributed by atoms with Crippen molar-refractivity contribution in [2.75, 3.05) is 13.6 Å². The van der Waals surface area contributed by atoms with E-state index >= 15 is 0 Å². The van der Waals surface area contributed by atoms with Crippen LogP contribution in [0.3, 0.4) is 0 Å². The van der Waals surface area contributed by atoms with Gasteiger partial charge in [0.2, 0.25) is 0 Å². The Morgan fingerprint density at radius 2 is 2.18 bits per heavy atom. The van der Waals surface area contributed by atoms with Gasteiger partial charge in [0.1, 0.15) is 12.0 Å². The number of H-pyrrole nitrogens is 1. The Balaban J connectivity index is 0.000000208. The van der Waals surface area contributed by atoms with Gasteiger partial charge in [-0.25, -0.2) is 0 Å². The first-order valence-electron chi connectivity index (χ1n) is 7.54. The van der Waals surface area contributed by atoms with E-state index in [-0.39, 0.29) is 6.04 Å². The topological polar surface area (TPSA) is 32.2 Å². The number of aryl methyl sites for hydroxylation is 1. The summed E-state index contributed by atoms with van der Waals surface area (Å²) in [6.45, 7) is 3.14. The van der Waals surface area contributed by atoms with Gasteiger partial charge in [0.15, 0.2) is 0 Å². The molecule has 1 aliphatic carbocycles. The summed E-state index contributed by atoms with van der Waals surface area (Å²) in [5.41, 5.74) is 6.40. The highest BCUT2D eigenvalue weighted by Gasteiger charge is 2.26. The maximum Gasteiger partial charge on any atom is 0.137 e. The largest absolute Gasteiger partial charge is 0.463 e. The number of aromatic amines is 1. The molecular formula is C19H18N2O. The Morgan fingerprint density at radius 3 is 2.77 bits per heavy atom. The third-order valence-electron chi connectivity index (χ3n) is 4.46. The molecule has 0 saturated carbocycles. The number of likely N-dealkylation sites (N-methyl/N-ethyl adjacent to an activating group) is 1. The average molecular weight is 290 g/mol. The van der Waals surface area contributed by atoms with Crippen molar-refractivity contribution in [2.24, 2.45) is 0 Å². The quantitative estimate of drug-likeness (QED) is 0.498. The van der Waals surface area contributed by atoms with Crippen molar-refractivity contribution >= 4 is 10.9 Å². The van der Waals surface area contributed by atoms with Gasteiger partial charge in [0.25, 0.3) is 0 Å². The minimum absolute atomic E-state index is 0.106. The number of rotatable bonds is 0. The molecule has 0 radical (unpaired) electrons. The molecule has 5 rings (SSSR count). The van der Waals surface area contributed by atoms with E-state index < -0.39 is 0 Å². The van der Waals surface area contributed by atoms with E-state index in [1.165, 1.54) is 33.3 Å². The van der Waals surface area contributed by atoms with Crippen molar-refractivity contribution in [3.05, 3.63) is 47.3 Å². The number of nitrogens with zero attached hydrogens (tertiary/aromatic N) is 1. The van der Waals surface area contributed by atoms with Crippen LogP contribution in [0.2, 0.25) is 0 Å². The van der Waals surface area contributed by atoms with Gasteiger partial charge < -0.3 is 9.40 Å². The number of hydrogen-bond acceptors (Lipinski definition) is 2. The van der Waals surface area contributed by atoms with Gasteiger partial charge in [-0.3, -0.25) is 4.90 Å². The van der Waals surface area contributed by atoms with E-state index in [9.17, 15) is 0 Å². The van der Waals surface area contributed by atoms with Crippen LogP contribution < -0.4 is 0 Å². The lowest BCUT2D eigenvalue weighted by Gasteiger charge is -2.29. The zero-order valence-corrected chi connectivity index (χ0v) is 12.8. The molecule has 1 aromatic heterocycles. The number of fused-ring (bicyclic) bond motifs is 4. The third kappa shape index (κ3) is 2.04. The van der Waals surface area contributed by atoms with Crippen molar-refractivity contribution in [2.45, 2.75) is 19.4 Å². The van der Waals surface area contributed by atoms with Crippen molar-refractivity contribution in [1.29, 1.82) is 0 Å². The molecule has 1 N–H and O–H groups in total. The van der Waals surface area contributed by atoms with E-state index in [2.05, 4.69) is 48.0 Å². The van der Waals surface area contributed by atoms with Gasteiger partial charge in [0, 0.05) is 35.1 Å². The summed E-state index contributed by atoms with van der Waals surface area (Å²) in [5, 5.41) is 1.29. The smallest absolute Gasteiger partial charge is 0.137 e. The second kappa shape index (κ2) is 4.79. The molecule has 110 valence electrons. The van der Waals surface area contributed by atoms with E-state index in [4.69, 9.17) is 10.8 Å². The number of aromatic nitrogens is 1. The summed E-state index contributed by atoms with van der Waals surface area (Å²) in [6.07, 6.45) is 8.49. The van der Waals surface area contributed by atoms with E-state index in [0.717, 1.165) is 18.7 Å². The average Bonchev–Trinajstić information content (AvgIpc) is 2.93. The van der Waals surface area contributed by atoms with Crippen LogP contribution >= 0.6 is 0 Å². The Morgan fingerprint density at radius 1 is 1.36 bits per heavy atom. The van der Waals surface area contributed by atoms with Crippen LogP contribution in [0.25, 0.3) is 22.2 Å². The lowest BCUT2D eigenvalue weighted by molar-refractivity contribution is 0.280. The van der Waals surface area contributed by atoms with E-state index in [0.29, 0.717) is 0 Å². The van der Waals surface area contributed by atoms with Crippen LogP contribution in [-0.2, 0) is 6.42 Å². The van der Waals surface area contributed by atoms with Gasteiger partial charge >= 0.3 is 0 Å². The molecule has 1 aromatic carbocycles. The first kappa shape index (κ1) is 13.2. The van der Waals surface area contributed by atoms with Crippen molar-refractivity contribution in [3.63, 3.8) is 0 Å². The van der Waals surface area contributed by atoms with Crippen molar-refractivity contribution in [1.82, 2.24) is 9.88 Å². The Hall–Kier alpha value is -2.44. The van der Waals surface area contributed by atoms with Crippen LogP contribution in [-0.4, -0.2) is 23.5 Å². The molecule has 0 saturated heterocycles. The minimum atomic E-state index is 0.106. The molecule has 0 spiro atoms. The van der Waals surface area contributed by atoms with Gasteiger partial charge in [-0.1, -0.05) is 17.6 Å². The highest BCUT2D eigenvalue weighted by molar-refractivity contribution is 5.86. The fourth-order valence-electron chi connectivity index (χ4n) is 3.11. The molecule has 0 amide bonds. The van der Waals surface area contributed by atoms with E-state index in [1.807, 2.05) is 6.07 Å². The first-order valence-corrected chi connectivity index (χ1v) is 7.54. The highest BCUT2D eigenvalue weighted by Crippen LogP contribution is 2.36. The molecule has 3 nitrogen and oxygen atoms in total. The van der Waals surface area contributed by atoms with Crippen molar-refractivity contribution in [3.8, 4) is 23.7 Å². The van der Waals surface area contributed by atoms with Crippen LogP contribution in [0.15, 0.2) is 34.9 Å². The molecule has 3 aliphatic rings. The second-order valence-electron chi connectivity index (χ2n) is 6.07. The summed E-state index contributed by atoms with van der Waals surface area (Å²) in [6, 6.07) is 8.62. The molecule has 0 fully saturated rings. The molecule has 3 heterocycles. The summed E-state index contributed by atoms with van der Waals surface area (Å²) >= 11 is 0. The Kier molecular flexibility index (Phi) is 2.88. The second-order valence-corrected chi connectivity index (χ2v) is 6.07. The summed E-state index contributed by atoms with van der Waals surface area (Å²) in [7, 11) is 2.10. The standard InChI is InChI=1S/C15H16N2.C4H2O/c1-4-14-15-11-9-10(2)5-6-12(11)16-13(15)7-8-17(14)3;1-3-2-5-4(1)3/h1,5-6,9,14,16H,7-8H2,2-3H3;1-2H. The highest BCUT2D eigenvalue weighted by atomic mass is 16.4. The summed E-state index contributed by atoms with van der Waals surface area (Å²) < 4.78 is 4.70. The lowest BCUT2D eigenvalue weighted by Crippen LogP contribution is -2.30. The van der Waals surface area contributed by atoms with Gasteiger partial charge in [-0.15, -0.1) is 6.42 Å². The lowest BCUT2D eigenvalue weighted by atomic mass is 9.96. The molecule has 2 aliphatic heterocycles. The number of hydrogen-bond donors (Lipinski definition) is 1. The SMILES string of the molecule is C#CC1c2c([nH]c3ccc(C)cc23)CCN1C.c1oc2cc1-2. The molecular weight excluding hydrogens is 272 g/mol. The van der Waals surface area contributed by atoms with Crippen LogP contribution in [0.4, 0.5) is 0 Å². The monoisotopic (exact) mass is 290 g/mol. The van der Waals surface area contributed by atoms with Gasteiger partial charge in [-0.05, 0) is 32.2 Å². The fourth-order valence-corrected chi connectivity index (χ4v) is 3.11. The minimum Gasteiger partial charge on any atom is -0.463 e. The predicted octanol–water partition coefficient (Wildman–Crippen LogP) is 3.90. The fraction of sp³-hybridized carbons (Fsp3) is 0.263. The maximum atomic E-state index is 5.69. The summed E-state index contributed by atoms with van der Waals surface area (Å²) in [4.78, 5) is 5.75. The maximum absolute atomic E-state index is 5.69. The van der Waals surface area contributed by atoms with Gasteiger partial charge in [0.05, 0.1) is 11.6 Å². The first-order chi connectivity index (χ1) is 10.7. The molecule has 3 heteroatoms. The number of terminal acetylenes is 1. The zero-order chi connectivity index (χ0) is 15.3. The number of benzene rings is 1. The zero-order valence-electron chi connectivity index (χ0n) is 12.8. The third-order valence-corrected chi connectivity index (χ3v) is 4.46. The Bertz CT molecular complexity index is 870. The molecule has 0 bridgehead atoms. The molecule has 22 heavy (non-hydrogen) atoms. The molecule has 2 aromatic rings. The normalized spacial score (nSPS) is 18.3. The van der Waals surface area contributed by atoms with E-state index in [1.54, 1.807) is 6.26 Å². The van der Waals surface area contributed by atoms with Gasteiger partial charge in [-0.2, -0.15) is 0 Å². The Labute approximate surface area is 129 Å². The summed E-state index contributed by atoms with van der Waals surface area (Å²) in [5.74, 6) is 4.00. The van der Waals surface area contributed by atoms with Crippen LogP contribution in [0.1, 0.15) is 22.9 Å². The molecule has 1 atom stereocenters. The number of furan rings is 1. The van der Waals surface area contributed by atoms with Crippen LogP contribution in [0.5, 0.6) is 0 Å². The van der Waals surface area contributed by atoms with Crippen molar-refractivity contribution < 1.29 is 4.42 Å². The van der Waals surface area contributed by atoms with Crippen LogP contribution in [0, 0.1) is 19.3 Å². The molecule has 1 unspecified atom stereocenters. The predicted molar refractivity (Wildman–Crippen MR) is 88.6 cm³/mol. The number of nitrogens with one attached hydrogen (secondary N) is 1.